The lowest BCUT2D eigenvalue weighted by molar-refractivity contribution is -0.164. The number of unbranched alkanes of at least 4 members (excludes halogenated alkanes) is 3. The second-order valence-corrected chi connectivity index (χ2v) is 11.9. The number of aliphatic hydroxyl groups excluding tert-OH is 1. The average Bonchev–Trinajstić information content (AvgIpc) is 3.52. The Morgan fingerprint density at radius 1 is 1.21 bits per heavy atom. The van der Waals surface area contributed by atoms with E-state index in [2.05, 4.69) is 20.1 Å². The van der Waals surface area contributed by atoms with Crippen molar-refractivity contribution in [3.8, 4) is 0 Å². The normalized spacial score (nSPS) is 29.9. The SMILES string of the molecule is C=CCCCOC(=O)[C@H]1[C@H]2C(=O)N([C@@H](CO)CC(C)C)C(C(=O)N(CC=C)CCCCC)C23CC[C@]1(CC)O3. The van der Waals surface area contributed by atoms with E-state index in [-0.39, 0.29) is 30.9 Å². The van der Waals surface area contributed by atoms with E-state index in [0.29, 0.717) is 45.2 Å². The fourth-order valence-electron chi connectivity index (χ4n) is 7.17. The highest BCUT2D eigenvalue weighted by Gasteiger charge is 2.79. The first-order valence-electron chi connectivity index (χ1n) is 15.0. The third kappa shape index (κ3) is 5.83. The van der Waals surface area contributed by atoms with Gasteiger partial charge in [0.2, 0.25) is 11.8 Å². The van der Waals surface area contributed by atoms with Crippen LogP contribution in [-0.4, -0.2) is 82.3 Å². The van der Waals surface area contributed by atoms with Gasteiger partial charge < -0.3 is 24.4 Å². The van der Waals surface area contributed by atoms with Gasteiger partial charge in [-0.1, -0.05) is 52.7 Å². The van der Waals surface area contributed by atoms with Gasteiger partial charge in [0.15, 0.2) is 0 Å². The molecule has 3 rings (SSSR count). The number of allylic oxidation sites excluding steroid dienone is 1. The van der Waals surface area contributed by atoms with Crippen molar-refractivity contribution in [2.45, 2.75) is 109 Å². The topological polar surface area (TPSA) is 96.4 Å². The number of amides is 2. The molecule has 3 aliphatic rings. The molecular formula is C31H50N2O6. The van der Waals surface area contributed by atoms with E-state index in [9.17, 15) is 19.5 Å². The Kier molecular flexibility index (Phi) is 10.8. The molecule has 1 spiro atoms. The molecule has 220 valence electrons. The Morgan fingerprint density at radius 3 is 2.54 bits per heavy atom. The van der Waals surface area contributed by atoms with Gasteiger partial charge >= 0.3 is 5.97 Å². The molecule has 2 amide bonds. The lowest BCUT2D eigenvalue weighted by Crippen LogP contribution is -2.59. The molecule has 3 aliphatic heterocycles. The van der Waals surface area contributed by atoms with E-state index in [4.69, 9.17) is 9.47 Å². The first-order chi connectivity index (χ1) is 18.7. The number of esters is 1. The van der Waals surface area contributed by atoms with Crippen LogP contribution >= 0.6 is 0 Å². The highest BCUT2D eigenvalue weighted by molar-refractivity contribution is 5.98. The number of fused-ring (bicyclic) bond motifs is 1. The molecule has 1 N–H and O–H groups in total. The summed E-state index contributed by atoms with van der Waals surface area (Å²) >= 11 is 0. The summed E-state index contributed by atoms with van der Waals surface area (Å²) in [5.41, 5.74) is -1.96. The number of aliphatic hydroxyl groups is 1. The summed E-state index contributed by atoms with van der Waals surface area (Å²) in [4.78, 5) is 45.8. The monoisotopic (exact) mass is 546 g/mol. The minimum Gasteiger partial charge on any atom is -0.465 e. The smallest absolute Gasteiger partial charge is 0.312 e. The Bertz CT molecular complexity index is 906. The zero-order valence-corrected chi connectivity index (χ0v) is 24.5. The molecule has 8 heteroatoms. The van der Waals surface area contributed by atoms with Crippen molar-refractivity contribution < 1.29 is 29.0 Å². The molecule has 0 aromatic carbocycles. The van der Waals surface area contributed by atoms with Crippen molar-refractivity contribution in [1.29, 1.82) is 0 Å². The van der Waals surface area contributed by atoms with Crippen LogP contribution in [0.5, 0.6) is 0 Å². The summed E-state index contributed by atoms with van der Waals surface area (Å²) in [6.07, 6.45) is 9.94. The van der Waals surface area contributed by atoms with Crippen LogP contribution in [0.15, 0.2) is 25.3 Å². The van der Waals surface area contributed by atoms with Gasteiger partial charge in [0, 0.05) is 13.1 Å². The van der Waals surface area contributed by atoms with Crippen LogP contribution in [0, 0.1) is 17.8 Å². The van der Waals surface area contributed by atoms with Crippen LogP contribution < -0.4 is 0 Å². The quantitative estimate of drug-likeness (QED) is 0.166. The molecule has 0 aromatic rings. The predicted octanol–water partition coefficient (Wildman–Crippen LogP) is 4.26. The second-order valence-electron chi connectivity index (χ2n) is 11.9. The van der Waals surface area contributed by atoms with Gasteiger partial charge in [-0.05, 0) is 50.9 Å². The third-order valence-electron chi connectivity index (χ3n) is 8.94. The minimum absolute atomic E-state index is 0.184. The molecule has 0 aliphatic carbocycles. The van der Waals surface area contributed by atoms with Gasteiger partial charge in [0.1, 0.15) is 17.6 Å². The van der Waals surface area contributed by atoms with E-state index in [0.717, 1.165) is 25.7 Å². The molecule has 39 heavy (non-hydrogen) atoms. The maximum atomic E-state index is 14.4. The van der Waals surface area contributed by atoms with Crippen molar-refractivity contribution in [3.05, 3.63) is 25.3 Å². The lowest BCUT2D eigenvalue weighted by atomic mass is 9.65. The Morgan fingerprint density at radius 2 is 1.95 bits per heavy atom. The maximum absolute atomic E-state index is 14.4. The number of ether oxygens (including phenoxy) is 2. The standard InChI is InChI=1S/C31H50N2O6/c1-7-11-13-18-32(17-9-3)28(36)26-31-16-15-30(10-4,39-31)25(29(37)38-19-14-12-8-2)24(31)27(35)33(26)23(21-34)20-22(5)6/h8-9,22-26,34H,2-3,7,10-21H2,1,4-6H3/t23-,24+,25-,26?,30+,31?/m1/s1. The number of nitrogens with zero attached hydrogens (tertiary/aromatic N) is 2. The van der Waals surface area contributed by atoms with E-state index in [1.807, 2.05) is 20.8 Å². The van der Waals surface area contributed by atoms with Crippen LogP contribution in [0.4, 0.5) is 0 Å². The maximum Gasteiger partial charge on any atom is 0.312 e. The van der Waals surface area contributed by atoms with Crippen molar-refractivity contribution in [2.24, 2.45) is 17.8 Å². The van der Waals surface area contributed by atoms with Crippen molar-refractivity contribution in [3.63, 3.8) is 0 Å². The largest absolute Gasteiger partial charge is 0.465 e. The average molecular weight is 547 g/mol. The summed E-state index contributed by atoms with van der Waals surface area (Å²) in [6.45, 7) is 16.6. The van der Waals surface area contributed by atoms with E-state index in [1.165, 1.54) is 0 Å². The van der Waals surface area contributed by atoms with Gasteiger partial charge in [0.05, 0.1) is 30.8 Å². The highest BCUT2D eigenvalue weighted by Crippen LogP contribution is 2.65. The first kappa shape index (κ1) is 31.3. The lowest BCUT2D eigenvalue weighted by Gasteiger charge is -2.40. The van der Waals surface area contributed by atoms with Gasteiger partial charge in [-0.25, -0.2) is 0 Å². The van der Waals surface area contributed by atoms with Gasteiger partial charge in [0.25, 0.3) is 0 Å². The fraction of sp³-hybridized carbons (Fsp3) is 0.774. The number of carbonyl (C=O) groups excluding carboxylic acids is 3. The van der Waals surface area contributed by atoms with Crippen molar-refractivity contribution in [1.82, 2.24) is 9.80 Å². The molecule has 0 saturated carbocycles. The Balaban J connectivity index is 2.06. The summed E-state index contributed by atoms with van der Waals surface area (Å²) < 4.78 is 12.5. The third-order valence-corrected chi connectivity index (χ3v) is 8.94. The molecule has 2 bridgehead atoms. The van der Waals surface area contributed by atoms with Gasteiger partial charge in [-0.15, -0.1) is 13.2 Å². The molecule has 0 aromatic heterocycles. The highest BCUT2D eigenvalue weighted by atomic mass is 16.6. The predicted molar refractivity (Wildman–Crippen MR) is 151 cm³/mol. The van der Waals surface area contributed by atoms with Crippen molar-refractivity contribution >= 4 is 17.8 Å². The number of carbonyl (C=O) groups is 3. The number of hydrogen-bond acceptors (Lipinski definition) is 6. The summed E-state index contributed by atoms with van der Waals surface area (Å²) in [6, 6.07) is -1.45. The number of rotatable bonds is 17. The zero-order valence-electron chi connectivity index (χ0n) is 24.5. The zero-order chi connectivity index (χ0) is 28.8. The van der Waals surface area contributed by atoms with Crippen LogP contribution in [0.1, 0.15) is 85.5 Å². The molecule has 3 fully saturated rings. The molecule has 2 unspecified atom stereocenters. The van der Waals surface area contributed by atoms with Crippen LogP contribution in [-0.2, 0) is 23.9 Å². The van der Waals surface area contributed by atoms with E-state index >= 15 is 0 Å². The molecular weight excluding hydrogens is 496 g/mol. The molecule has 6 atom stereocenters. The summed E-state index contributed by atoms with van der Waals surface area (Å²) in [5.74, 6) is -2.28. The molecule has 3 heterocycles. The summed E-state index contributed by atoms with van der Waals surface area (Å²) in [7, 11) is 0. The summed E-state index contributed by atoms with van der Waals surface area (Å²) in [5, 5.41) is 10.5. The molecule has 8 nitrogen and oxygen atoms in total. The Labute approximate surface area is 234 Å². The number of hydrogen-bond donors (Lipinski definition) is 1. The molecule has 3 saturated heterocycles. The van der Waals surface area contributed by atoms with Crippen molar-refractivity contribution in [2.75, 3.05) is 26.3 Å². The van der Waals surface area contributed by atoms with Crippen LogP contribution in [0.25, 0.3) is 0 Å². The molecule has 0 radical (unpaired) electrons. The van der Waals surface area contributed by atoms with E-state index in [1.54, 1.807) is 22.0 Å². The number of likely N-dealkylation sites (tertiary alicyclic amines) is 1. The van der Waals surface area contributed by atoms with Gasteiger partial charge in [-0.2, -0.15) is 0 Å². The van der Waals surface area contributed by atoms with Crippen LogP contribution in [0.3, 0.4) is 0 Å². The Hall–Kier alpha value is -2.19. The first-order valence-corrected chi connectivity index (χ1v) is 15.0. The fourth-order valence-corrected chi connectivity index (χ4v) is 7.17. The van der Waals surface area contributed by atoms with Gasteiger partial charge in [-0.3, -0.25) is 14.4 Å². The second kappa shape index (κ2) is 13.4. The van der Waals surface area contributed by atoms with Crippen LogP contribution in [0.2, 0.25) is 0 Å². The minimum atomic E-state index is -1.12. The van der Waals surface area contributed by atoms with E-state index < -0.39 is 41.1 Å².